The molecule has 1 amide bonds. The van der Waals surface area contributed by atoms with E-state index in [1.165, 1.54) is 0 Å². The molecule has 2 unspecified atom stereocenters. The molecule has 0 bridgehead atoms. The van der Waals surface area contributed by atoms with Gasteiger partial charge in [-0.25, -0.2) is 0 Å². The topological polar surface area (TPSA) is 66.4 Å². The molecular weight excluding hydrogens is 334 g/mol. The largest absolute Gasteiger partial charge is 0.481 e. The first-order chi connectivity index (χ1) is 10.1. The predicted molar refractivity (Wildman–Crippen MR) is 84.0 cm³/mol. The van der Waals surface area contributed by atoms with Gasteiger partial charge in [-0.05, 0) is 30.5 Å². The number of hydrogen-bond acceptors (Lipinski definition) is 2. The van der Waals surface area contributed by atoms with E-state index >= 15 is 0 Å². The Kier molecular flexibility index (Phi) is 5.79. The van der Waals surface area contributed by atoms with Gasteiger partial charge in [-0.3, -0.25) is 9.59 Å². The van der Waals surface area contributed by atoms with E-state index in [0.29, 0.717) is 6.42 Å². The van der Waals surface area contributed by atoms with E-state index < -0.39 is 11.9 Å². The summed E-state index contributed by atoms with van der Waals surface area (Å²) in [4.78, 5) is 23.5. The van der Waals surface area contributed by atoms with Crippen LogP contribution in [0.1, 0.15) is 37.7 Å². The van der Waals surface area contributed by atoms with Gasteiger partial charge in [0.15, 0.2) is 0 Å². The van der Waals surface area contributed by atoms with Gasteiger partial charge in [0.05, 0.1) is 12.3 Å². The van der Waals surface area contributed by atoms with Crippen LogP contribution in [0.25, 0.3) is 0 Å². The molecule has 2 rings (SSSR count). The molecule has 1 fully saturated rings. The fourth-order valence-electron chi connectivity index (χ4n) is 2.82. The summed E-state index contributed by atoms with van der Waals surface area (Å²) in [5.41, 5.74) is 0.927. The van der Waals surface area contributed by atoms with Crippen molar-refractivity contribution in [3.8, 4) is 0 Å². The van der Waals surface area contributed by atoms with Crippen LogP contribution in [0.5, 0.6) is 0 Å². The van der Waals surface area contributed by atoms with Crippen molar-refractivity contribution in [3.05, 3.63) is 34.3 Å². The van der Waals surface area contributed by atoms with Crippen molar-refractivity contribution in [2.75, 3.05) is 0 Å². The zero-order valence-electron chi connectivity index (χ0n) is 11.8. The summed E-state index contributed by atoms with van der Waals surface area (Å²) in [6, 6.07) is 7.34. The van der Waals surface area contributed by atoms with Crippen molar-refractivity contribution in [1.29, 1.82) is 0 Å². The number of amides is 1. The third kappa shape index (κ3) is 4.84. The maximum absolute atomic E-state index is 12.1. The van der Waals surface area contributed by atoms with Crippen LogP contribution in [0.15, 0.2) is 28.7 Å². The highest BCUT2D eigenvalue weighted by molar-refractivity contribution is 9.10. The third-order valence-corrected chi connectivity index (χ3v) is 4.49. The lowest BCUT2D eigenvalue weighted by molar-refractivity contribution is -0.143. The highest BCUT2D eigenvalue weighted by atomic mass is 79.9. The van der Waals surface area contributed by atoms with Crippen LogP contribution >= 0.6 is 15.9 Å². The number of benzene rings is 1. The maximum atomic E-state index is 12.1. The fourth-order valence-corrected chi connectivity index (χ4v) is 3.09. The number of carboxylic acid groups (broad SMARTS) is 1. The van der Waals surface area contributed by atoms with Crippen molar-refractivity contribution in [2.45, 2.75) is 44.6 Å². The Balaban J connectivity index is 1.96. The smallest absolute Gasteiger partial charge is 0.308 e. The molecule has 2 atom stereocenters. The molecule has 0 spiro atoms. The molecule has 1 saturated carbocycles. The molecule has 0 aliphatic heterocycles. The number of carboxylic acids is 1. The van der Waals surface area contributed by atoms with Gasteiger partial charge >= 0.3 is 5.97 Å². The number of aliphatic carboxylic acids is 1. The van der Waals surface area contributed by atoms with Gasteiger partial charge in [-0.1, -0.05) is 47.3 Å². The number of rotatable bonds is 4. The highest BCUT2D eigenvalue weighted by Gasteiger charge is 2.30. The first-order valence-corrected chi connectivity index (χ1v) is 8.12. The first kappa shape index (κ1) is 16.0. The highest BCUT2D eigenvalue weighted by Crippen LogP contribution is 2.24. The normalized spacial score (nSPS) is 22.3. The fraction of sp³-hybridized carbons (Fsp3) is 0.500. The number of hydrogen-bond donors (Lipinski definition) is 2. The number of nitrogens with one attached hydrogen (secondary N) is 1. The lowest BCUT2D eigenvalue weighted by atomic mass is 9.94. The summed E-state index contributed by atoms with van der Waals surface area (Å²) in [5, 5.41) is 12.2. The monoisotopic (exact) mass is 353 g/mol. The summed E-state index contributed by atoms with van der Waals surface area (Å²) in [7, 11) is 0. The minimum atomic E-state index is -0.800. The Hall–Kier alpha value is -1.36. The van der Waals surface area contributed by atoms with Crippen LogP contribution in [-0.2, 0) is 16.0 Å². The lowest BCUT2D eigenvalue weighted by Crippen LogP contribution is -2.43. The van der Waals surface area contributed by atoms with Gasteiger partial charge in [0.2, 0.25) is 5.91 Å². The molecule has 0 radical (unpaired) electrons. The zero-order chi connectivity index (χ0) is 15.2. The minimum absolute atomic E-state index is 0.101. The summed E-state index contributed by atoms with van der Waals surface area (Å²) >= 11 is 3.36. The van der Waals surface area contributed by atoms with Gasteiger partial charge in [0.25, 0.3) is 0 Å². The van der Waals surface area contributed by atoms with Crippen LogP contribution in [0.4, 0.5) is 0 Å². The second kappa shape index (κ2) is 7.59. The Bertz CT molecular complexity index is 501. The standard InChI is InChI=1S/C16H20BrNO3/c17-12-8-6-11(7-9-12)10-15(19)18-14-5-3-1-2-4-13(14)16(20)21/h6-9,13-14H,1-5,10H2,(H,18,19)(H,20,21). The molecule has 5 heteroatoms. The molecule has 1 aliphatic carbocycles. The van der Waals surface area contributed by atoms with E-state index in [2.05, 4.69) is 21.2 Å². The summed E-state index contributed by atoms with van der Waals surface area (Å²) in [5.74, 6) is -1.36. The van der Waals surface area contributed by atoms with Crippen LogP contribution in [0, 0.1) is 5.92 Å². The summed E-state index contributed by atoms with van der Waals surface area (Å²) < 4.78 is 0.973. The quantitative estimate of drug-likeness (QED) is 0.817. The molecule has 0 aromatic heterocycles. The van der Waals surface area contributed by atoms with E-state index in [0.717, 1.165) is 35.7 Å². The van der Waals surface area contributed by atoms with Crippen LogP contribution in [0.3, 0.4) is 0 Å². The minimum Gasteiger partial charge on any atom is -0.481 e. The van der Waals surface area contributed by atoms with Gasteiger partial charge in [0, 0.05) is 10.5 Å². The molecule has 21 heavy (non-hydrogen) atoms. The molecule has 0 heterocycles. The molecule has 1 aliphatic rings. The van der Waals surface area contributed by atoms with Crippen LogP contribution in [0.2, 0.25) is 0 Å². The molecule has 114 valence electrons. The van der Waals surface area contributed by atoms with E-state index in [1.54, 1.807) is 0 Å². The summed E-state index contributed by atoms with van der Waals surface area (Å²) in [6.45, 7) is 0. The Labute approximate surface area is 133 Å². The zero-order valence-corrected chi connectivity index (χ0v) is 13.4. The number of carbonyl (C=O) groups is 2. The van der Waals surface area contributed by atoms with Gasteiger partial charge < -0.3 is 10.4 Å². The molecule has 2 N–H and O–H groups in total. The molecule has 4 nitrogen and oxygen atoms in total. The van der Waals surface area contributed by atoms with Gasteiger partial charge in [0.1, 0.15) is 0 Å². The van der Waals surface area contributed by atoms with Crippen molar-refractivity contribution < 1.29 is 14.7 Å². The second-order valence-corrected chi connectivity index (χ2v) is 6.48. The average molecular weight is 354 g/mol. The number of carbonyl (C=O) groups excluding carboxylic acids is 1. The van der Waals surface area contributed by atoms with Crippen molar-refractivity contribution in [3.63, 3.8) is 0 Å². The van der Waals surface area contributed by atoms with Gasteiger partial charge in [-0.2, -0.15) is 0 Å². The predicted octanol–water partition coefficient (Wildman–Crippen LogP) is 3.14. The Morgan fingerprint density at radius 1 is 1.14 bits per heavy atom. The van der Waals surface area contributed by atoms with Crippen molar-refractivity contribution >= 4 is 27.8 Å². The first-order valence-electron chi connectivity index (χ1n) is 7.33. The van der Waals surface area contributed by atoms with Crippen molar-refractivity contribution in [1.82, 2.24) is 5.32 Å². The van der Waals surface area contributed by atoms with Crippen LogP contribution in [-0.4, -0.2) is 23.0 Å². The average Bonchev–Trinajstić information content (AvgIpc) is 2.67. The second-order valence-electron chi connectivity index (χ2n) is 5.56. The maximum Gasteiger partial charge on any atom is 0.308 e. The Morgan fingerprint density at radius 3 is 2.48 bits per heavy atom. The van der Waals surface area contributed by atoms with E-state index in [4.69, 9.17) is 0 Å². The third-order valence-electron chi connectivity index (χ3n) is 3.96. The van der Waals surface area contributed by atoms with Crippen LogP contribution < -0.4 is 5.32 Å². The van der Waals surface area contributed by atoms with Gasteiger partial charge in [-0.15, -0.1) is 0 Å². The van der Waals surface area contributed by atoms with E-state index in [1.807, 2.05) is 24.3 Å². The SMILES string of the molecule is O=C(Cc1ccc(Br)cc1)NC1CCCCCC1C(=O)O. The Morgan fingerprint density at radius 2 is 1.81 bits per heavy atom. The number of halogens is 1. The molecule has 0 saturated heterocycles. The molecule has 1 aromatic rings. The molecular formula is C16H20BrNO3. The molecule has 1 aromatic carbocycles. The summed E-state index contributed by atoms with van der Waals surface area (Å²) in [6.07, 6.45) is 4.64. The van der Waals surface area contributed by atoms with Crippen molar-refractivity contribution in [2.24, 2.45) is 5.92 Å². The lowest BCUT2D eigenvalue weighted by Gasteiger charge is -2.22. The van der Waals surface area contributed by atoms with E-state index in [9.17, 15) is 14.7 Å². The van der Waals surface area contributed by atoms with E-state index in [-0.39, 0.29) is 18.4 Å².